The predicted octanol–water partition coefficient (Wildman–Crippen LogP) is 18.4. The van der Waals surface area contributed by atoms with Crippen LogP contribution < -0.4 is 0 Å². The van der Waals surface area contributed by atoms with Gasteiger partial charge in [-0.3, -0.25) is 0 Å². The minimum absolute atomic E-state index is 1.20. The van der Waals surface area contributed by atoms with Crippen LogP contribution in [0.2, 0.25) is 0 Å². The average molecular weight is 769 g/mol. The van der Waals surface area contributed by atoms with Crippen LogP contribution in [0.3, 0.4) is 0 Å². The Morgan fingerprint density at radius 2 is 0.534 bits per heavy atom. The molecule has 6 aromatic rings. The SMILES string of the molecule is CCCCCCCCCCCCc1ccc(C=Cc2ccc3cc4cc5cc(C=Cc6ccc(CCCCCCCCCCCC)cc6)ccc5cc4cc3c2)cc1. The molecule has 0 aliphatic carbocycles. The third-order valence-electron chi connectivity index (χ3n) is 12.3. The Kier molecular flexibility index (Phi) is 18.2. The molecule has 0 spiro atoms. The lowest BCUT2D eigenvalue weighted by Gasteiger charge is -2.07. The first-order valence-electron chi connectivity index (χ1n) is 23.6. The molecule has 0 atom stereocenters. The van der Waals surface area contributed by atoms with Gasteiger partial charge in [-0.25, -0.2) is 0 Å². The highest BCUT2D eigenvalue weighted by molar-refractivity contribution is 6.05. The number of aryl methyl sites for hydroxylation is 2. The zero-order chi connectivity index (χ0) is 40.0. The first kappa shape index (κ1) is 43.2. The van der Waals surface area contributed by atoms with Crippen molar-refractivity contribution in [2.45, 2.75) is 155 Å². The highest BCUT2D eigenvalue weighted by Crippen LogP contribution is 2.30. The summed E-state index contributed by atoms with van der Waals surface area (Å²) in [5.74, 6) is 0. The highest BCUT2D eigenvalue weighted by Gasteiger charge is 2.04. The van der Waals surface area contributed by atoms with Crippen LogP contribution in [0.1, 0.15) is 176 Å². The molecular weight excluding hydrogens is 697 g/mol. The summed E-state index contributed by atoms with van der Waals surface area (Å²) in [6, 6.07) is 41.5. The monoisotopic (exact) mass is 769 g/mol. The topological polar surface area (TPSA) is 0 Å². The molecule has 0 radical (unpaired) electrons. The standard InChI is InChI=1S/C58H72/c1-3-5-7-9-11-13-15-17-19-21-23-47-25-29-49(30-26-47)33-35-51-37-39-53-43-58-46-56-42-52(38-40-54(56)44-57(58)45-55(53)41-51)36-34-50-31-27-48(28-32-50)24-22-20-18-16-14-12-10-8-6-4-2/h25-46H,3-24H2,1-2H3. The fourth-order valence-electron chi connectivity index (χ4n) is 8.60. The van der Waals surface area contributed by atoms with E-state index >= 15 is 0 Å². The molecule has 58 heavy (non-hydrogen) atoms. The highest BCUT2D eigenvalue weighted by atomic mass is 14.1. The molecule has 0 heteroatoms. The summed E-state index contributed by atoms with van der Waals surface area (Å²) >= 11 is 0. The van der Waals surface area contributed by atoms with Crippen molar-refractivity contribution < 1.29 is 0 Å². The molecule has 0 bridgehead atoms. The van der Waals surface area contributed by atoms with E-state index in [2.05, 4.69) is 147 Å². The van der Waals surface area contributed by atoms with Crippen LogP contribution in [-0.2, 0) is 12.8 Å². The molecule has 0 saturated carbocycles. The quantitative estimate of drug-likeness (QED) is 0.0293. The van der Waals surface area contributed by atoms with E-state index in [0.717, 1.165) is 0 Å². The van der Waals surface area contributed by atoms with Crippen LogP contribution in [0.15, 0.2) is 109 Å². The summed E-state index contributed by atoms with van der Waals surface area (Å²) in [6.07, 6.45) is 39.2. The Morgan fingerprint density at radius 3 is 0.897 bits per heavy atom. The maximum atomic E-state index is 2.36. The van der Waals surface area contributed by atoms with E-state index in [1.165, 1.54) is 207 Å². The number of fused-ring (bicyclic) bond motifs is 3. The molecule has 0 N–H and O–H groups in total. The van der Waals surface area contributed by atoms with E-state index in [9.17, 15) is 0 Å². The van der Waals surface area contributed by atoms with Crippen LogP contribution >= 0.6 is 0 Å². The van der Waals surface area contributed by atoms with Gasteiger partial charge in [0.25, 0.3) is 0 Å². The summed E-state index contributed by atoms with van der Waals surface area (Å²) in [5, 5.41) is 7.73. The third-order valence-corrected chi connectivity index (χ3v) is 12.3. The van der Waals surface area contributed by atoms with E-state index in [-0.39, 0.29) is 0 Å². The number of unbranched alkanes of at least 4 members (excludes halogenated alkanes) is 18. The molecule has 0 aliphatic rings. The second-order valence-electron chi connectivity index (χ2n) is 17.3. The lowest BCUT2D eigenvalue weighted by molar-refractivity contribution is 0.556. The first-order chi connectivity index (χ1) is 28.7. The predicted molar refractivity (Wildman–Crippen MR) is 261 cm³/mol. The summed E-state index contributed by atoms with van der Waals surface area (Å²) in [5.41, 5.74) is 7.93. The van der Waals surface area contributed by atoms with Gasteiger partial charge in [0.1, 0.15) is 0 Å². The zero-order valence-electron chi connectivity index (χ0n) is 36.3. The molecule has 304 valence electrons. The minimum Gasteiger partial charge on any atom is -0.0654 e. The molecule has 0 fully saturated rings. The van der Waals surface area contributed by atoms with Crippen LogP contribution in [0.5, 0.6) is 0 Å². The fraction of sp³-hybridized carbons (Fsp3) is 0.414. The summed E-state index contributed by atoms with van der Waals surface area (Å²) < 4.78 is 0. The van der Waals surface area contributed by atoms with Crippen LogP contribution in [0.25, 0.3) is 56.6 Å². The number of hydrogen-bond acceptors (Lipinski definition) is 0. The lowest BCUT2D eigenvalue weighted by Crippen LogP contribution is -1.87. The first-order valence-corrected chi connectivity index (χ1v) is 23.6. The van der Waals surface area contributed by atoms with Gasteiger partial charge in [-0.05, 0) is 128 Å². The van der Waals surface area contributed by atoms with Crippen LogP contribution in [0.4, 0.5) is 0 Å². The van der Waals surface area contributed by atoms with Gasteiger partial charge >= 0.3 is 0 Å². The van der Waals surface area contributed by atoms with Crippen molar-refractivity contribution in [3.63, 3.8) is 0 Å². The largest absolute Gasteiger partial charge is 0.0654 e. The second-order valence-corrected chi connectivity index (χ2v) is 17.3. The van der Waals surface area contributed by atoms with Gasteiger partial charge in [-0.2, -0.15) is 0 Å². The molecular formula is C58H72. The maximum absolute atomic E-state index is 2.36. The maximum Gasteiger partial charge on any atom is -0.0171 e. The van der Waals surface area contributed by atoms with E-state index in [1.807, 2.05) is 0 Å². The number of rotatable bonds is 26. The van der Waals surface area contributed by atoms with E-state index in [0.29, 0.717) is 0 Å². The van der Waals surface area contributed by atoms with Crippen molar-refractivity contribution in [1.29, 1.82) is 0 Å². The van der Waals surface area contributed by atoms with Gasteiger partial charge in [-0.15, -0.1) is 0 Å². The normalized spacial score (nSPS) is 12.0. The molecule has 0 nitrogen and oxygen atoms in total. The number of benzene rings is 6. The van der Waals surface area contributed by atoms with Crippen LogP contribution in [0, 0.1) is 0 Å². The Hall–Kier alpha value is -4.42. The lowest BCUT2D eigenvalue weighted by atomic mass is 9.97. The fourth-order valence-corrected chi connectivity index (χ4v) is 8.60. The van der Waals surface area contributed by atoms with Gasteiger partial charge in [0.2, 0.25) is 0 Å². The van der Waals surface area contributed by atoms with E-state index in [1.54, 1.807) is 0 Å². The van der Waals surface area contributed by atoms with Crippen molar-refractivity contribution in [3.8, 4) is 0 Å². The molecule has 0 saturated heterocycles. The van der Waals surface area contributed by atoms with Crippen molar-refractivity contribution in [3.05, 3.63) is 143 Å². The second kappa shape index (κ2) is 24.5. The third kappa shape index (κ3) is 14.4. The Balaban J connectivity index is 0.966. The van der Waals surface area contributed by atoms with Crippen LogP contribution in [-0.4, -0.2) is 0 Å². The van der Waals surface area contributed by atoms with Gasteiger partial charge in [0.15, 0.2) is 0 Å². The minimum atomic E-state index is 1.20. The van der Waals surface area contributed by atoms with Crippen molar-refractivity contribution >= 4 is 56.6 Å². The smallest absolute Gasteiger partial charge is 0.0171 e. The molecule has 0 aromatic heterocycles. The Labute approximate surface area is 352 Å². The van der Waals surface area contributed by atoms with Gasteiger partial charge in [0.05, 0.1) is 0 Å². The molecule has 0 aliphatic heterocycles. The summed E-state index contributed by atoms with van der Waals surface area (Å²) in [6.45, 7) is 4.59. The summed E-state index contributed by atoms with van der Waals surface area (Å²) in [4.78, 5) is 0. The molecule has 6 aromatic carbocycles. The Bertz CT molecular complexity index is 1990. The zero-order valence-corrected chi connectivity index (χ0v) is 36.3. The molecule has 6 rings (SSSR count). The van der Waals surface area contributed by atoms with Crippen molar-refractivity contribution in [2.24, 2.45) is 0 Å². The van der Waals surface area contributed by atoms with Gasteiger partial charge in [0, 0.05) is 0 Å². The van der Waals surface area contributed by atoms with Gasteiger partial charge < -0.3 is 0 Å². The van der Waals surface area contributed by atoms with E-state index < -0.39 is 0 Å². The average Bonchev–Trinajstić information content (AvgIpc) is 3.25. The summed E-state index contributed by atoms with van der Waals surface area (Å²) in [7, 11) is 0. The molecule has 0 heterocycles. The van der Waals surface area contributed by atoms with Crippen molar-refractivity contribution in [2.75, 3.05) is 0 Å². The Morgan fingerprint density at radius 1 is 0.259 bits per heavy atom. The molecule has 0 amide bonds. The number of hydrogen-bond donors (Lipinski definition) is 0. The van der Waals surface area contributed by atoms with E-state index in [4.69, 9.17) is 0 Å². The van der Waals surface area contributed by atoms with Crippen molar-refractivity contribution in [1.82, 2.24) is 0 Å². The van der Waals surface area contributed by atoms with Gasteiger partial charge in [-0.1, -0.05) is 227 Å². The molecule has 0 unspecified atom stereocenters.